The maximum atomic E-state index is 12.6. The van der Waals surface area contributed by atoms with E-state index in [1.54, 1.807) is 6.92 Å². The highest BCUT2D eigenvalue weighted by atomic mass is 16.2. The molecule has 1 aliphatic rings. The first-order valence-corrected chi connectivity index (χ1v) is 10.1. The van der Waals surface area contributed by atoms with Crippen molar-refractivity contribution < 1.29 is 9.59 Å². The number of nitrogens with zero attached hydrogens (tertiary/aromatic N) is 2. The topological polar surface area (TPSA) is 95.2 Å². The Morgan fingerprint density at radius 3 is 2.41 bits per heavy atom. The molecule has 2 N–H and O–H groups in total. The highest BCUT2D eigenvalue weighted by Gasteiger charge is 2.25. The van der Waals surface area contributed by atoms with Crippen LogP contribution in [0.25, 0.3) is 0 Å². The fraction of sp³-hybridized carbons (Fsp3) is 0.455. The maximum Gasteiger partial charge on any atom is 0.254 e. The first kappa shape index (κ1) is 20.8. The third-order valence-electron chi connectivity index (χ3n) is 5.39. The van der Waals surface area contributed by atoms with Crippen LogP contribution in [0.2, 0.25) is 0 Å². The summed E-state index contributed by atoms with van der Waals surface area (Å²) < 4.78 is 0. The van der Waals surface area contributed by atoms with Gasteiger partial charge in [-0.3, -0.25) is 14.4 Å². The van der Waals surface area contributed by atoms with Crippen molar-refractivity contribution in [1.29, 1.82) is 0 Å². The van der Waals surface area contributed by atoms with Crippen LogP contribution in [0.4, 0.5) is 0 Å². The lowest BCUT2D eigenvalue weighted by molar-refractivity contribution is -0.121. The largest absolute Gasteiger partial charge is 0.353 e. The van der Waals surface area contributed by atoms with Gasteiger partial charge in [0, 0.05) is 42.4 Å². The second-order valence-electron chi connectivity index (χ2n) is 7.61. The molecule has 2 heterocycles. The quantitative estimate of drug-likeness (QED) is 0.807. The van der Waals surface area contributed by atoms with Crippen molar-refractivity contribution in [3.05, 3.63) is 62.8 Å². The minimum atomic E-state index is -0.247. The number of nitrogens with one attached hydrogen (secondary N) is 2. The Labute approximate surface area is 170 Å². The fourth-order valence-electron chi connectivity index (χ4n) is 3.59. The highest BCUT2D eigenvalue weighted by molar-refractivity contribution is 5.94. The predicted octanol–water partition coefficient (Wildman–Crippen LogP) is 1.91. The van der Waals surface area contributed by atoms with Crippen LogP contribution in [0.15, 0.2) is 29.1 Å². The molecule has 7 nitrogen and oxygen atoms in total. The van der Waals surface area contributed by atoms with Gasteiger partial charge in [-0.05, 0) is 38.8 Å². The summed E-state index contributed by atoms with van der Waals surface area (Å²) in [5.41, 5.74) is 2.57. The first-order chi connectivity index (χ1) is 13.9. The number of piperidine rings is 1. The van der Waals surface area contributed by atoms with Gasteiger partial charge in [-0.2, -0.15) is 0 Å². The van der Waals surface area contributed by atoms with Crippen LogP contribution >= 0.6 is 0 Å². The zero-order chi connectivity index (χ0) is 21.0. The molecule has 0 unspecified atom stereocenters. The second kappa shape index (κ2) is 9.03. The zero-order valence-electron chi connectivity index (χ0n) is 17.2. The molecular weight excluding hydrogens is 368 g/mol. The molecule has 1 saturated heterocycles. The number of aromatic nitrogens is 2. The number of carbonyl (C=O) groups is 2. The predicted molar refractivity (Wildman–Crippen MR) is 111 cm³/mol. The second-order valence-corrected chi connectivity index (χ2v) is 7.61. The van der Waals surface area contributed by atoms with Gasteiger partial charge in [0.05, 0.1) is 6.42 Å². The normalized spacial score (nSPS) is 14.7. The van der Waals surface area contributed by atoms with E-state index in [-0.39, 0.29) is 29.8 Å². The van der Waals surface area contributed by atoms with Crippen LogP contribution in [0.3, 0.4) is 0 Å². The molecule has 3 rings (SSSR count). The number of benzene rings is 1. The van der Waals surface area contributed by atoms with E-state index in [0.29, 0.717) is 55.0 Å². The molecule has 1 aliphatic heterocycles. The number of hydrogen-bond donors (Lipinski definition) is 2. The minimum absolute atomic E-state index is 0.00632. The Hall–Kier alpha value is -2.96. The van der Waals surface area contributed by atoms with E-state index < -0.39 is 0 Å². The zero-order valence-corrected chi connectivity index (χ0v) is 17.2. The van der Waals surface area contributed by atoms with E-state index in [1.807, 2.05) is 43.0 Å². The van der Waals surface area contributed by atoms with Crippen LogP contribution < -0.4 is 10.9 Å². The van der Waals surface area contributed by atoms with Gasteiger partial charge in [-0.15, -0.1) is 0 Å². The lowest BCUT2D eigenvalue weighted by atomic mass is 10.0. The molecule has 154 valence electrons. The summed E-state index contributed by atoms with van der Waals surface area (Å²) in [5, 5.41) is 3.00. The smallest absolute Gasteiger partial charge is 0.254 e. The molecule has 29 heavy (non-hydrogen) atoms. The van der Waals surface area contributed by atoms with Gasteiger partial charge >= 0.3 is 0 Å². The molecule has 2 aromatic rings. The van der Waals surface area contributed by atoms with Gasteiger partial charge in [0.1, 0.15) is 5.82 Å². The van der Waals surface area contributed by atoms with Gasteiger partial charge in [0.2, 0.25) is 5.91 Å². The van der Waals surface area contributed by atoms with Crippen molar-refractivity contribution in [1.82, 2.24) is 20.2 Å². The lowest BCUT2D eigenvalue weighted by Crippen LogP contribution is -2.47. The molecule has 0 bridgehead atoms. The summed E-state index contributed by atoms with van der Waals surface area (Å²) in [6, 6.07) is 7.58. The molecule has 1 aromatic heterocycles. The molecule has 0 atom stereocenters. The molecule has 0 saturated carbocycles. The first-order valence-electron chi connectivity index (χ1n) is 10.1. The van der Waals surface area contributed by atoms with Crippen LogP contribution in [-0.4, -0.2) is 45.8 Å². The molecule has 7 heteroatoms. The third-order valence-corrected chi connectivity index (χ3v) is 5.39. The molecule has 0 radical (unpaired) electrons. The third kappa shape index (κ3) is 5.10. The summed E-state index contributed by atoms with van der Waals surface area (Å²) in [6.07, 6.45) is 2.06. The van der Waals surface area contributed by atoms with E-state index in [1.165, 1.54) is 0 Å². The number of aryl methyl sites for hydroxylation is 3. The van der Waals surface area contributed by atoms with Gasteiger partial charge in [0.15, 0.2) is 0 Å². The average Bonchev–Trinajstić information content (AvgIpc) is 2.71. The molecular formula is C22H28N4O3. The highest BCUT2D eigenvalue weighted by Crippen LogP contribution is 2.15. The van der Waals surface area contributed by atoms with Crippen LogP contribution in [0.1, 0.15) is 52.8 Å². The summed E-state index contributed by atoms with van der Waals surface area (Å²) in [5.74, 6) is 0.467. The van der Waals surface area contributed by atoms with Gasteiger partial charge in [-0.25, -0.2) is 4.98 Å². The number of carbonyl (C=O) groups excluding carboxylic acids is 2. The number of H-pyrrole nitrogens is 1. The van der Waals surface area contributed by atoms with E-state index >= 15 is 0 Å². The Bertz CT molecular complexity index is 942. The summed E-state index contributed by atoms with van der Waals surface area (Å²) in [6.45, 7) is 6.87. The van der Waals surface area contributed by atoms with Crippen molar-refractivity contribution in [2.75, 3.05) is 13.1 Å². The van der Waals surface area contributed by atoms with Crippen molar-refractivity contribution >= 4 is 11.8 Å². The monoisotopic (exact) mass is 396 g/mol. The Balaban J connectivity index is 1.53. The number of likely N-dealkylation sites (tertiary alicyclic amines) is 1. The van der Waals surface area contributed by atoms with Crippen molar-refractivity contribution in [3.63, 3.8) is 0 Å². The number of rotatable bonds is 5. The van der Waals surface area contributed by atoms with Gasteiger partial charge in [0.25, 0.3) is 11.5 Å². The fourth-order valence-corrected chi connectivity index (χ4v) is 3.59. The van der Waals surface area contributed by atoms with E-state index in [2.05, 4.69) is 15.3 Å². The lowest BCUT2D eigenvalue weighted by Gasteiger charge is -2.32. The van der Waals surface area contributed by atoms with Gasteiger partial charge < -0.3 is 15.2 Å². The van der Waals surface area contributed by atoms with Crippen LogP contribution in [0, 0.1) is 13.8 Å². The van der Waals surface area contributed by atoms with Crippen molar-refractivity contribution in [2.24, 2.45) is 0 Å². The van der Waals surface area contributed by atoms with E-state index in [0.717, 1.165) is 5.56 Å². The molecule has 1 aromatic carbocycles. The average molecular weight is 396 g/mol. The Morgan fingerprint density at radius 1 is 1.17 bits per heavy atom. The molecule has 0 aliphatic carbocycles. The minimum Gasteiger partial charge on any atom is -0.353 e. The number of hydrogen-bond acceptors (Lipinski definition) is 4. The maximum absolute atomic E-state index is 12.6. The molecule has 1 fully saturated rings. The van der Waals surface area contributed by atoms with Crippen molar-refractivity contribution in [2.45, 2.75) is 52.5 Å². The SMILES string of the molecule is CCc1nc(C)c(CC(=O)NC2CCN(C(=O)c3ccc(C)cc3)CC2)c(=O)[nH]1. The summed E-state index contributed by atoms with van der Waals surface area (Å²) in [4.78, 5) is 46.1. The van der Waals surface area contributed by atoms with Crippen LogP contribution in [0.5, 0.6) is 0 Å². The van der Waals surface area contributed by atoms with Crippen molar-refractivity contribution in [3.8, 4) is 0 Å². The Morgan fingerprint density at radius 2 is 1.83 bits per heavy atom. The van der Waals surface area contributed by atoms with E-state index in [9.17, 15) is 14.4 Å². The Kier molecular flexibility index (Phi) is 6.46. The molecule has 0 spiro atoms. The summed E-state index contributed by atoms with van der Waals surface area (Å²) in [7, 11) is 0. The molecule has 2 amide bonds. The standard InChI is InChI=1S/C22H28N4O3/c1-4-19-23-15(3)18(21(28)25-19)13-20(27)24-17-9-11-26(12-10-17)22(29)16-7-5-14(2)6-8-16/h5-8,17H,4,9-13H2,1-3H3,(H,24,27)(H,23,25,28). The van der Waals surface area contributed by atoms with E-state index in [4.69, 9.17) is 0 Å². The van der Waals surface area contributed by atoms with Crippen LogP contribution in [-0.2, 0) is 17.6 Å². The summed E-state index contributed by atoms with van der Waals surface area (Å²) >= 11 is 0. The van der Waals surface area contributed by atoms with Gasteiger partial charge in [-0.1, -0.05) is 24.6 Å². The number of aromatic amines is 1. The number of amides is 2.